The molecule has 0 unspecified atom stereocenters. The summed E-state index contributed by atoms with van der Waals surface area (Å²) in [6.45, 7) is 1.21. The Kier molecular flexibility index (Phi) is 3.35. The van der Waals surface area contributed by atoms with Crippen molar-refractivity contribution in [1.82, 2.24) is 10.6 Å². The van der Waals surface area contributed by atoms with Crippen LogP contribution < -0.4 is 10.6 Å². The Balaban J connectivity index is 1.77. The van der Waals surface area contributed by atoms with E-state index in [2.05, 4.69) is 34.9 Å². The van der Waals surface area contributed by atoms with E-state index in [-0.39, 0.29) is 5.91 Å². The van der Waals surface area contributed by atoms with Crippen molar-refractivity contribution < 1.29 is 4.79 Å². The average molecular weight is 204 g/mol. The number of piperazine rings is 1. The van der Waals surface area contributed by atoms with E-state index < -0.39 is 0 Å². The molecule has 1 fully saturated rings. The molecule has 1 heterocycles. The van der Waals surface area contributed by atoms with Crippen LogP contribution in [0.2, 0.25) is 0 Å². The Morgan fingerprint density at radius 3 is 2.73 bits per heavy atom. The zero-order valence-corrected chi connectivity index (χ0v) is 8.70. The fourth-order valence-electron chi connectivity index (χ4n) is 1.80. The third-order valence-corrected chi connectivity index (χ3v) is 2.72. The van der Waals surface area contributed by atoms with Gasteiger partial charge in [0.15, 0.2) is 0 Å². The van der Waals surface area contributed by atoms with E-state index in [1.807, 2.05) is 6.07 Å². The molecule has 1 saturated heterocycles. The molecule has 0 saturated carbocycles. The van der Waals surface area contributed by atoms with Gasteiger partial charge in [0.25, 0.3) is 0 Å². The van der Waals surface area contributed by atoms with Gasteiger partial charge in [-0.1, -0.05) is 30.3 Å². The van der Waals surface area contributed by atoms with Gasteiger partial charge in [-0.25, -0.2) is 0 Å². The first kappa shape index (κ1) is 10.2. The van der Waals surface area contributed by atoms with E-state index in [1.54, 1.807) is 0 Å². The van der Waals surface area contributed by atoms with Crippen LogP contribution in [0.15, 0.2) is 30.3 Å². The van der Waals surface area contributed by atoms with E-state index in [0.717, 1.165) is 19.4 Å². The molecule has 1 amide bonds. The molecular formula is C12H16N2O. The third-order valence-electron chi connectivity index (χ3n) is 2.72. The first-order valence-corrected chi connectivity index (χ1v) is 5.38. The zero-order valence-electron chi connectivity index (χ0n) is 8.70. The van der Waals surface area contributed by atoms with Crippen molar-refractivity contribution in [2.24, 2.45) is 0 Å². The normalized spacial score (nSPS) is 21.1. The van der Waals surface area contributed by atoms with Crippen LogP contribution in [-0.4, -0.2) is 25.0 Å². The summed E-state index contributed by atoms with van der Waals surface area (Å²) in [5.41, 5.74) is 1.36. The van der Waals surface area contributed by atoms with Gasteiger partial charge in [-0.05, 0) is 18.4 Å². The molecule has 2 N–H and O–H groups in total. The molecule has 80 valence electrons. The first-order chi connectivity index (χ1) is 7.34. The maximum Gasteiger partial charge on any atom is 0.234 e. The van der Waals surface area contributed by atoms with Crippen LogP contribution in [0, 0.1) is 0 Å². The van der Waals surface area contributed by atoms with Gasteiger partial charge in [0.2, 0.25) is 5.91 Å². The van der Waals surface area contributed by atoms with Gasteiger partial charge in [-0.3, -0.25) is 4.79 Å². The Bertz CT molecular complexity index is 314. The second kappa shape index (κ2) is 4.94. The Morgan fingerprint density at radius 1 is 1.27 bits per heavy atom. The fourth-order valence-corrected chi connectivity index (χ4v) is 1.80. The zero-order chi connectivity index (χ0) is 10.5. The number of hydrogen-bond donors (Lipinski definition) is 2. The molecule has 0 spiro atoms. The highest BCUT2D eigenvalue weighted by Gasteiger charge is 2.16. The number of carbonyl (C=O) groups excluding carboxylic acids is 1. The summed E-state index contributed by atoms with van der Waals surface area (Å²) in [4.78, 5) is 10.9. The summed E-state index contributed by atoms with van der Waals surface area (Å²) in [5, 5.41) is 6.09. The van der Waals surface area contributed by atoms with Crippen molar-refractivity contribution in [2.75, 3.05) is 13.1 Å². The van der Waals surface area contributed by atoms with Crippen molar-refractivity contribution in [2.45, 2.75) is 18.9 Å². The van der Waals surface area contributed by atoms with Gasteiger partial charge >= 0.3 is 0 Å². The molecule has 0 bridgehead atoms. The summed E-state index contributed by atoms with van der Waals surface area (Å²) in [5.74, 6) is 0.103. The lowest BCUT2D eigenvalue weighted by molar-refractivity contribution is -0.121. The largest absolute Gasteiger partial charge is 0.353 e. The molecule has 2 rings (SSSR count). The summed E-state index contributed by atoms with van der Waals surface area (Å²) in [7, 11) is 0. The molecule has 1 atom stereocenters. The van der Waals surface area contributed by atoms with Gasteiger partial charge in [-0.2, -0.15) is 0 Å². The topological polar surface area (TPSA) is 41.1 Å². The minimum absolute atomic E-state index is 0.103. The van der Waals surface area contributed by atoms with Crippen LogP contribution in [0.4, 0.5) is 0 Å². The number of benzene rings is 1. The predicted molar refractivity (Wildman–Crippen MR) is 59.6 cm³/mol. The monoisotopic (exact) mass is 204 g/mol. The lowest BCUT2D eigenvalue weighted by atomic mass is 10.0. The number of aryl methyl sites for hydroxylation is 1. The molecule has 1 aliphatic rings. The van der Waals surface area contributed by atoms with Crippen molar-refractivity contribution in [3.63, 3.8) is 0 Å². The van der Waals surface area contributed by atoms with E-state index in [4.69, 9.17) is 0 Å². The molecule has 3 nitrogen and oxygen atoms in total. The number of hydrogen-bond acceptors (Lipinski definition) is 2. The molecule has 1 aromatic rings. The minimum atomic E-state index is 0.103. The van der Waals surface area contributed by atoms with Crippen molar-refractivity contribution >= 4 is 5.91 Å². The molecule has 1 aliphatic heterocycles. The molecular weight excluding hydrogens is 188 g/mol. The van der Waals surface area contributed by atoms with Crippen molar-refractivity contribution in [3.8, 4) is 0 Å². The Hall–Kier alpha value is -1.35. The maximum atomic E-state index is 10.9. The second-order valence-corrected chi connectivity index (χ2v) is 3.91. The van der Waals surface area contributed by atoms with Crippen molar-refractivity contribution in [3.05, 3.63) is 35.9 Å². The standard InChI is InChI=1S/C12H16N2O/c15-12-9-13-11(8-14-12)7-6-10-4-2-1-3-5-10/h1-5,11,13H,6-9H2,(H,14,15)/t11-/m1/s1. The number of nitrogens with one attached hydrogen (secondary N) is 2. The lowest BCUT2D eigenvalue weighted by Gasteiger charge is -2.23. The summed E-state index contributed by atoms with van der Waals surface area (Å²) < 4.78 is 0. The van der Waals surface area contributed by atoms with Crippen LogP contribution in [0.3, 0.4) is 0 Å². The van der Waals surface area contributed by atoms with E-state index >= 15 is 0 Å². The minimum Gasteiger partial charge on any atom is -0.353 e. The van der Waals surface area contributed by atoms with E-state index in [9.17, 15) is 4.79 Å². The molecule has 0 aliphatic carbocycles. The maximum absolute atomic E-state index is 10.9. The summed E-state index contributed by atoms with van der Waals surface area (Å²) in [6, 6.07) is 10.9. The van der Waals surface area contributed by atoms with Gasteiger partial charge in [0.05, 0.1) is 6.54 Å². The number of carbonyl (C=O) groups is 1. The third kappa shape index (κ3) is 3.06. The highest BCUT2D eigenvalue weighted by Crippen LogP contribution is 2.05. The van der Waals surface area contributed by atoms with Crippen LogP contribution in [0.5, 0.6) is 0 Å². The van der Waals surface area contributed by atoms with Gasteiger partial charge < -0.3 is 10.6 Å². The summed E-state index contributed by atoms with van der Waals surface area (Å²) in [6.07, 6.45) is 2.14. The number of rotatable bonds is 3. The van der Waals surface area contributed by atoms with Crippen LogP contribution >= 0.6 is 0 Å². The predicted octanol–water partition coefficient (Wildman–Crippen LogP) is 0.707. The highest BCUT2D eigenvalue weighted by molar-refractivity contribution is 5.78. The van der Waals surface area contributed by atoms with E-state index in [0.29, 0.717) is 12.6 Å². The van der Waals surface area contributed by atoms with Gasteiger partial charge in [0, 0.05) is 12.6 Å². The average Bonchev–Trinajstić information content (AvgIpc) is 2.30. The quantitative estimate of drug-likeness (QED) is 0.761. The van der Waals surface area contributed by atoms with Crippen LogP contribution in [0.25, 0.3) is 0 Å². The smallest absolute Gasteiger partial charge is 0.234 e. The lowest BCUT2D eigenvalue weighted by Crippen LogP contribution is -2.51. The molecule has 15 heavy (non-hydrogen) atoms. The van der Waals surface area contributed by atoms with Crippen molar-refractivity contribution in [1.29, 1.82) is 0 Å². The van der Waals surface area contributed by atoms with Gasteiger partial charge in [0.1, 0.15) is 0 Å². The first-order valence-electron chi connectivity index (χ1n) is 5.38. The highest BCUT2D eigenvalue weighted by atomic mass is 16.2. The molecule has 0 aromatic heterocycles. The molecule has 0 radical (unpaired) electrons. The second-order valence-electron chi connectivity index (χ2n) is 3.91. The van der Waals surface area contributed by atoms with Crippen LogP contribution in [-0.2, 0) is 11.2 Å². The van der Waals surface area contributed by atoms with Gasteiger partial charge in [-0.15, -0.1) is 0 Å². The molecule has 3 heteroatoms. The molecule has 1 aromatic carbocycles. The Morgan fingerprint density at radius 2 is 2.07 bits per heavy atom. The van der Waals surface area contributed by atoms with Crippen LogP contribution in [0.1, 0.15) is 12.0 Å². The number of amides is 1. The summed E-state index contributed by atoms with van der Waals surface area (Å²) >= 11 is 0. The SMILES string of the molecule is O=C1CN[C@H](CCc2ccccc2)CN1. The fraction of sp³-hybridized carbons (Fsp3) is 0.417. The van der Waals surface area contributed by atoms with E-state index in [1.165, 1.54) is 5.56 Å². The Labute approximate surface area is 89.9 Å².